The highest BCUT2D eigenvalue weighted by atomic mass is 32.2. The lowest BCUT2D eigenvalue weighted by Gasteiger charge is -2.02. The number of anilines is 1. The molecule has 128 valence electrons. The van der Waals surface area contributed by atoms with Crippen LogP contribution in [0.3, 0.4) is 0 Å². The minimum atomic E-state index is -0.0703. The molecule has 25 heavy (non-hydrogen) atoms. The molecular formula is C17H16N4O2S2. The Morgan fingerprint density at radius 2 is 2.00 bits per heavy atom. The predicted octanol–water partition coefficient (Wildman–Crippen LogP) is 3.73. The molecule has 8 heteroatoms. The summed E-state index contributed by atoms with van der Waals surface area (Å²) in [5, 5.41) is 6.02. The van der Waals surface area contributed by atoms with Gasteiger partial charge in [0.2, 0.25) is 5.91 Å². The van der Waals surface area contributed by atoms with Crippen molar-refractivity contribution >= 4 is 34.1 Å². The number of amides is 1. The quantitative estimate of drug-likeness (QED) is 0.503. The van der Waals surface area contributed by atoms with E-state index in [4.69, 9.17) is 4.74 Å². The van der Waals surface area contributed by atoms with Crippen molar-refractivity contribution in [3.8, 4) is 17.0 Å². The molecule has 2 aromatic heterocycles. The lowest BCUT2D eigenvalue weighted by Crippen LogP contribution is -2.12. The van der Waals surface area contributed by atoms with E-state index in [0.29, 0.717) is 22.5 Å². The molecule has 0 aliphatic rings. The van der Waals surface area contributed by atoms with E-state index >= 15 is 0 Å². The molecule has 6 nitrogen and oxygen atoms in total. The van der Waals surface area contributed by atoms with Crippen molar-refractivity contribution in [1.82, 2.24) is 15.0 Å². The van der Waals surface area contributed by atoms with Gasteiger partial charge in [-0.05, 0) is 30.3 Å². The number of ether oxygens (including phenoxy) is 1. The van der Waals surface area contributed by atoms with Crippen LogP contribution in [-0.2, 0) is 4.79 Å². The Hall–Kier alpha value is -2.45. The van der Waals surface area contributed by atoms with Gasteiger partial charge in [-0.2, -0.15) is 0 Å². The summed E-state index contributed by atoms with van der Waals surface area (Å²) < 4.78 is 5.15. The van der Waals surface area contributed by atoms with Crippen LogP contribution in [0.4, 0.5) is 5.13 Å². The molecule has 0 radical (unpaired) electrons. The Morgan fingerprint density at radius 3 is 2.72 bits per heavy atom. The van der Waals surface area contributed by atoms with Gasteiger partial charge in [0, 0.05) is 35.5 Å². The first-order valence-corrected chi connectivity index (χ1v) is 9.41. The second kappa shape index (κ2) is 8.59. The fourth-order valence-corrected chi connectivity index (χ4v) is 3.48. The van der Waals surface area contributed by atoms with Crippen LogP contribution in [-0.4, -0.2) is 33.7 Å². The molecule has 3 aromatic rings. The highest BCUT2D eigenvalue weighted by Crippen LogP contribution is 2.26. The Kier molecular flexibility index (Phi) is 5.97. The van der Waals surface area contributed by atoms with Crippen LogP contribution >= 0.6 is 23.1 Å². The second-order valence-electron chi connectivity index (χ2n) is 4.94. The van der Waals surface area contributed by atoms with Crippen molar-refractivity contribution in [2.24, 2.45) is 0 Å². The first-order chi connectivity index (χ1) is 12.2. The number of methoxy groups -OCH3 is 1. The molecule has 1 amide bonds. The van der Waals surface area contributed by atoms with Crippen molar-refractivity contribution in [2.75, 3.05) is 18.2 Å². The summed E-state index contributed by atoms with van der Waals surface area (Å²) in [6, 6.07) is 9.41. The van der Waals surface area contributed by atoms with Gasteiger partial charge >= 0.3 is 0 Å². The van der Waals surface area contributed by atoms with Crippen molar-refractivity contribution < 1.29 is 9.53 Å². The summed E-state index contributed by atoms with van der Waals surface area (Å²) in [6.07, 6.45) is 3.75. The van der Waals surface area contributed by atoms with E-state index in [1.165, 1.54) is 23.1 Å². The molecule has 1 N–H and O–H groups in total. The number of thiazole rings is 1. The van der Waals surface area contributed by atoms with Crippen molar-refractivity contribution in [2.45, 2.75) is 11.6 Å². The first kappa shape index (κ1) is 17.4. The molecule has 2 heterocycles. The molecule has 0 saturated heterocycles. The molecular weight excluding hydrogens is 356 g/mol. The van der Waals surface area contributed by atoms with E-state index in [1.54, 1.807) is 25.6 Å². The van der Waals surface area contributed by atoms with E-state index in [9.17, 15) is 4.79 Å². The maximum atomic E-state index is 12.0. The van der Waals surface area contributed by atoms with Gasteiger partial charge in [-0.25, -0.2) is 15.0 Å². The van der Waals surface area contributed by atoms with Crippen LogP contribution in [0.1, 0.15) is 6.42 Å². The number of carbonyl (C=O) groups excluding carboxylic acids is 1. The van der Waals surface area contributed by atoms with Crippen LogP contribution in [0.5, 0.6) is 5.75 Å². The summed E-state index contributed by atoms with van der Waals surface area (Å²) in [6.45, 7) is 0. The van der Waals surface area contributed by atoms with Gasteiger partial charge in [0.05, 0.1) is 12.8 Å². The maximum Gasteiger partial charge on any atom is 0.226 e. The average molecular weight is 372 g/mol. The fraction of sp³-hybridized carbons (Fsp3) is 0.176. The lowest BCUT2D eigenvalue weighted by atomic mass is 10.2. The molecule has 3 rings (SSSR count). The van der Waals surface area contributed by atoms with Gasteiger partial charge < -0.3 is 10.1 Å². The van der Waals surface area contributed by atoms with E-state index in [-0.39, 0.29) is 5.91 Å². The topological polar surface area (TPSA) is 77.0 Å². The molecule has 0 atom stereocenters. The fourth-order valence-electron chi connectivity index (χ4n) is 2.00. The number of hydrogen-bond acceptors (Lipinski definition) is 7. The minimum Gasteiger partial charge on any atom is -0.497 e. The normalized spacial score (nSPS) is 10.4. The Morgan fingerprint density at radius 1 is 1.24 bits per heavy atom. The molecule has 0 spiro atoms. The zero-order valence-electron chi connectivity index (χ0n) is 13.5. The molecule has 0 unspecified atom stereocenters. The Labute approximate surface area is 153 Å². The second-order valence-corrected chi connectivity index (χ2v) is 6.86. The third-order valence-electron chi connectivity index (χ3n) is 3.24. The number of nitrogens with zero attached hydrogens (tertiary/aromatic N) is 3. The summed E-state index contributed by atoms with van der Waals surface area (Å²) in [5.41, 5.74) is 1.81. The zero-order chi connectivity index (χ0) is 17.5. The van der Waals surface area contributed by atoms with Gasteiger partial charge in [-0.15, -0.1) is 11.3 Å². The summed E-state index contributed by atoms with van der Waals surface area (Å²) in [7, 11) is 1.63. The van der Waals surface area contributed by atoms with Gasteiger partial charge in [0.1, 0.15) is 5.75 Å². The van der Waals surface area contributed by atoms with Crippen LogP contribution in [0.25, 0.3) is 11.3 Å². The van der Waals surface area contributed by atoms with Gasteiger partial charge in [-0.1, -0.05) is 11.8 Å². The number of hydrogen-bond donors (Lipinski definition) is 1. The van der Waals surface area contributed by atoms with E-state index in [1.807, 2.05) is 29.6 Å². The molecule has 0 aliphatic carbocycles. The number of thioether (sulfide) groups is 1. The monoisotopic (exact) mass is 372 g/mol. The summed E-state index contributed by atoms with van der Waals surface area (Å²) in [5.74, 6) is 1.35. The molecule has 0 aliphatic heterocycles. The van der Waals surface area contributed by atoms with E-state index < -0.39 is 0 Å². The predicted molar refractivity (Wildman–Crippen MR) is 100 cm³/mol. The summed E-state index contributed by atoms with van der Waals surface area (Å²) >= 11 is 2.86. The largest absolute Gasteiger partial charge is 0.497 e. The minimum absolute atomic E-state index is 0.0703. The standard InChI is InChI=1S/C17H16N4O2S2/c1-23-13-5-3-12(4-6-13)14-11-25-17(20-14)21-15(22)7-10-24-16-18-8-2-9-19-16/h2-6,8-9,11H,7,10H2,1H3,(H,20,21,22). The van der Waals surface area contributed by atoms with Crippen molar-refractivity contribution in [3.63, 3.8) is 0 Å². The number of carbonyl (C=O) groups is 1. The highest BCUT2D eigenvalue weighted by Gasteiger charge is 2.09. The highest BCUT2D eigenvalue weighted by molar-refractivity contribution is 7.99. The molecule has 0 bridgehead atoms. The third kappa shape index (κ3) is 5.01. The van der Waals surface area contributed by atoms with Crippen LogP contribution < -0.4 is 10.1 Å². The van der Waals surface area contributed by atoms with Crippen LogP contribution in [0, 0.1) is 0 Å². The van der Waals surface area contributed by atoms with Crippen molar-refractivity contribution in [3.05, 3.63) is 48.1 Å². The Bertz CT molecular complexity index is 822. The number of aromatic nitrogens is 3. The molecule has 0 saturated carbocycles. The SMILES string of the molecule is COc1ccc(-c2csc(NC(=O)CCSc3ncccn3)n2)cc1. The lowest BCUT2D eigenvalue weighted by molar-refractivity contribution is -0.115. The zero-order valence-corrected chi connectivity index (χ0v) is 15.1. The molecule has 1 aromatic carbocycles. The van der Waals surface area contributed by atoms with Gasteiger partial charge in [0.25, 0.3) is 0 Å². The van der Waals surface area contributed by atoms with Gasteiger partial charge in [-0.3, -0.25) is 4.79 Å². The van der Waals surface area contributed by atoms with E-state index in [2.05, 4.69) is 20.3 Å². The average Bonchev–Trinajstić information content (AvgIpc) is 3.11. The number of rotatable bonds is 7. The van der Waals surface area contributed by atoms with Crippen LogP contribution in [0.2, 0.25) is 0 Å². The third-order valence-corrected chi connectivity index (χ3v) is 4.87. The number of nitrogens with one attached hydrogen (secondary N) is 1. The maximum absolute atomic E-state index is 12.0. The van der Waals surface area contributed by atoms with Crippen molar-refractivity contribution in [1.29, 1.82) is 0 Å². The molecule has 0 fully saturated rings. The van der Waals surface area contributed by atoms with Crippen LogP contribution in [0.15, 0.2) is 53.3 Å². The number of benzene rings is 1. The smallest absolute Gasteiger partial charge is 0.226 e. The van der Waals surface area contributed by atoms with Gasteiger partial charge in [0.15, 0.2) is 10.3 Å². The summed E-state index contributed by atoms with van der Waals surface area (Å²) in [4.78, 5) is 24.7. The first-order valence-electron chi connectivity index (χ1n) is 7.54. The van der Waals surface area contributed by atoms with E-state index in [0.717, 1.165) is 17.0 Å². The Balaban J connectivity index is 1.51.